The largest absolute Gasteiger partial charge is 0.380 e. The molecule has 1 aromatic carbocycles. The summed E-state index contributed by atoms with van der Waals surface area (Å²) >= 11 is 0. The lowest BCUT2D eigenvalue weighted by molar-refractivity contribution is 0.0928. The highest BCUT2D eigenvalue weighted by Gasteiger charge is 2.16. The van der Waals surface area contributed by atoms with Crippen molar-refractivity contribution in [2.24, 2.45) is 0 Å². The zero-order valence-corrected chi connectivity index (χ0v) is 14.0. The second-order valence-corrected chi connectivity index (χ2v) is 6.43. The number of carbonyl (C=O) groups is 1. The van der Waals surface area contributed by atoms with Crippen molar-refractivity contribution < 1.29 is 4.79 Å². The van der Waals surface area contributed by atoms with Crippen molar-refractivity contribution in [3.05, 3.63) is 59.9 Å². The van der Waals surface area contributed by atoms with E-state index in [4.69, 9.17) is 0 Å². The minimum Gasteiger partial charge on any atom is -0.380 e. The van der Waals surface area contributed by atoms with E-state index in [1.807, 2.05) is 24.3 Å². The zero-order valence-electron chi connectivity index (χ0n) is 14.0. The van der Waals surface area contributed by atoms with Crippen molar-refractivity contribution in [2.75, 3.05) is 5.32 Å². The maximum atomic E-state index is 12.3. The maximum absolute atomic E-state index is 12.3. The van der Waals surface area contributed by atoms with E-state index in [2.05, 4.69) is 27.8 Å². The Labute approximate surface area is 143 Å². The lowest BCUT2D eigenvalue weighted by atomic mass is 10.1. The molecule has 1 aromatic heterocycles. The molecule has 0 bridgehead atoms. The number of aromatic nitrogens is 1. The molecule has 2 aromatic rings. The third-order valence-electron chi connectivity index (χ3n) is 4.53. The minimum atomic E-state index is -0.0588. The highest BCUT2D eigenvalue weighted by atomic mass is 16.1. The van der Waals surface area contributed by atoms with Gasteiger partial charge in [-0.25, -0.2) is 4.98 Å². The Bertz CT molecular complexity index is 632. The van der Waals surface area contributed by atoms with E-state index in [9.17, 15) is 4.79 Å². The lowest BCUT2D eigenvalue weighted by Crippen LogP contribution is -2.34. The van der Waals surface area contributed by atoms with Gasteiger partial charge in [-0.15, -0.1) is 0 Å². The molecule has 0 spiro atoms. The molecule has 4 heteroatoms. The van der Waals surface area contributed by atoms with Gasteiger partial charge in [-0.1, -0.05) is 56.0 Å². The van der Waals surface area contributed by atoms with Gasteiger partial charge in [-0.05, 0) is 30.5 Å². The zero-order chi connectivity index (χ0) is 16.6. The van der Waals surface area contributed by atoms with Crippen LogP contribution >= 0.6 is 0 Å². The Balaban J connectivity index is 1.52. The Kier molecular flexibility index (Phi) is 5.83. The number of anilines is 1. The van der Waals surface area contributed by atoms with Gasteiger partial charge in [0, 0.05) is 12.6 Å². The summed E-state index contributed by atoms with van der Waals surface area (Å²) in [5.41, 5.74) is 2.63. The number of hydrogen-bond donors (Lipinski definition) is 2. The van der Waals surface area contributed by atoms with Gasteiger partial charge < -0.3 is 10.6 Å². The van der Waals surface area contributed by atoms with Crippen LogP contribution in [0, 0.1) is 0 Å². The first-order valence-corrected chi connectivity index (χ1v) is 8.86. The molecule has 0 unspecified atom stereocenters. The van der Waals surface area contributed by atoms with Gasteiger partial charge in [-0.2, -0.15) is 0 Å². The summed E-state index contributed by atoms with van der Waals surface area (Å²) in [5, 5.41) is 6.45. The average molecular weight is 323 g/mol. The Morgan fingerprint density at radius 2 is 1.75 bits per heavy atom. The van der Waals surface area contributed by atoms with Crippen LogP contribution in [0.1, 0.15) is 54.6 Å². The number of rotatable bonds is 5. The molecule has 1 amide bonds. The van der Waals surface area contributed by atoms with Crippen LogP contribution in [0.25, 0.3) is 0 Å². The van der Waals surface area contributed by atoms with Gasteiger partial charge in [-0.3, -0.25) is 4.79 Å². The van der Waals surface area contributed by atoms with Crippen LogP contribution in [0.4, 0.5) is 5.69 Å². The van der Waals surface area contributed by atoms with Crippen molar-refractivity contribution in [3.63, 3.8) is 0 Å². The molecule has 126 valence electrons. The van der Waals surface area contributed by atoms with Crippen molar-refractivity contribution in [2.45, 2.75) is 51.1 Å². The predicted octanol–water partition coefficient (Wildman–Crippen LogP) is 4.15. The molecule has 0 aliphatic heterocycles. The topological polar surface area (TPSA) is 54.0 Å². The average Bonchev–Trinajstić information content (AvgIpc) is 2.90. The van der Waals surface area contributed by atoms with Gasteiger partial charge in [0.25, 0.3) is 5.91 Å². The predicted molar refractivity (Wildman–Crippen MR) is 97.0 cm³/mol. The Morgan fingerprint density at radius 3 is 2.42 bits per heavy atom. The molecular weight excluding hydrogens is 298 g/mol. The third-order valence-corrected chi connectivity index (χ3v) is 4.53. The summed E-state index contributed by atoms with van der Waals surface area (Å²) in [6.45, 7) is 0.746. The molecule has 1 aliphatic carbocycles. The third kappa shape index (κ3) is 4.82. The summed E-state index contributed by atoms with van der Waals surface area (Å²) in [6, 6.07) is 14.2. The first-order valence-electron chi connectivity index (χ1n) is 8.86. The molecular formula is C20H25N3O. The monoisotopic (exact) mass is 323 g/mol. The molecule has 4 nitrogen and oxygen atoms in total. The minimum absolute atomic E-state index is 0.0588. The number of benzene rings is 1. The van der Waals surface area contributed by atoms with Crippen molar-refractivity contribution in [3.8, 4) is 0 Å². The van der Waals surface area contributed by atoms with Crippen LogP contribution in [0.5, 0.6) is 0 Å². The fourth-order valence-corrected chi connectivity index (χ4v) is 3.12. The van der Waals surface area contributed by atoms with E-state index in [1.54, 1.807) is 12.3 Å². The second kappa shape index (κ2) is 8.48. The van der Waals surface area contributed by atoms with Crippen molar-refractivity contribution in [1.29, 1.82) is 0 Å². The molecule has 0 atom stereocenters. The first-order chi connectivity index (χ1) is 11.8. The van der Waals surface area contributed by atoms with Crippen LogP contribution in [0.15, 0.2) is 48.7 Å². The van der Waals surface area contributed by atoms with Crippen LogP contribution in [-0.2, 0) is 6.54 Å². The van der Waals surface area contributed by atoms with Crippen LogP contribution in [-0.4, -0.2) is 16.9 Å². The van der Waals surface area contributed by atoms with E-state index >= 15 is 0 Å². The Morgan fingerprint density at radius 1 is 1.00 bits per heavy atom. The summed E-state index contributed by atoms with van der Waals surface area (Å²) in [7, 11) is 0. The number of carbonyl (C=O) groups excluding carboxylic acids is 1. The molecule has 3 rings (SSSR count). The number of amides is 1. The molecule has 1 aliphatic rings. The summed E-state index contributed by atoms with van der Waals surface area (Å²) in [4.78, 5) is 16.6. The number of hydrogen-bond acceptors (Lipinski definition) is 3. The van der Waals surface area contributed by atoms with Crippen LogP contribution in [0.3, 0.4) is 0 Å². The van der Waals surface area contributed by atoms with Gasteiger partial charge in [0.15, 0.2) is 0 Å². The van der Waals surface area contributed by atoms with E-state index in [0.717, 1.165) is 25.1 Å². The first kappa shape index (κ1) is 16.5. The normalized spacial score (nSPS) is 15.5. The quantitative estimate of drug-likeness (QED) is 0.813. The molecule has 1 fully saturated rings. The van der Waals surface area contributed by atoms with E-state index in [-0.39, 0.29) is 5.91 Å². The standard InChI is InChI=1S/C20H25N3O/c24-20(23-17-10-6-1-2-7-11-17)19-13-12-18(15-22-19)21-14-16-8-4-3-5-9-16/h3-5,8-9,12-13,15,17,21H,1-2,6-7,10-11,14H2,(H,23,24). The Hall–Kier alpha value is -2.36. The van der Waals surface area contributed by atoms with Gasteiger partial charge in [0.2, 0.25) is 0 Å². The van der Waals surface area contributed by atoms with Gasteiger partial charge in [0.1, 0.15) is 5.69 Å². The smallest absolute Gasteiger partial charge is 0.270 e. The number of nitrogens with zero attached hydrogens (tertiary/aromatic N) is 1. The molecule has 2 N–H and O–H groups in total. The summed E-state index contributed by atoms with van der Waals surface area (Å²) < 4.78 is 0. The SMILES string of the molecule is O=C(NC1CCCCCC1)c1ccc(NCc2ccccc2)cn1. The summed E-state index contributed by atoms with van der Waals surface area (Å²) in [6.07, 6.45) is 8.89. The van der Waals surface area contributed by atoms with Crippen molar-refractivity contribution in [1.82, 2.24) is 10.3 Å². The van der Waals surface area contributed by atoms with Crippen molar-refractivity contribution >= 4 is 11.6 Å². The molecule has 24 heavy (non-hydrogen) atoms. The summed E-state index contributed by atoms with van der Waals surface area (Å²) in [5.74, 6) is -0.0588. The maximum Gasteiger partial charge on any atom is 0.270 e. The van der Waals surface area contributed by atoms with Crippen LogP contribution < -0.4 is 10.6 Å². The van der Waals surface area contributed by atoms with Gasteiger partial charge in [0.05, 0.1) is 11.9 Å². The van der Waals surface area contributed by atoms with E-state index < -0.39 is 0 Å². The fourth-order valence-electron chi connectivity index (χ4n) is 3.12. The molecule has 0 saturated heterocycles. The number of nitrogens with one attached hydrogen (secondary N) is 2. The highest BCUT2D eigenvalue weighted by molar-refractivity contribution is 5.92. The molecule has 0 radical (unpaired) electrons. The highest BCUT2D eigenvalue weighted by Crippen LogP contribution is 2.17. The fraction of sp³-hybridized carbons (Fsp3) is 0.400. The van der Waals surface area contributed by atoms with Gasteiger partial charge >= 0.3 is 0 Å². The van der Waals surface area contributed by atoms with E-state index in [0.29, 0.717) is 11.7 Å². The number of pyridine rings is 1. The molecule has 1 heterocycles. The van der Waals surface area contributed by atoms with Crippen LogP contribution in [0.2, 0.25) is 0 Å². The lowest BCUT2D eigenvalue weighted by Gasteiger charge is -2.16. The second-order valence-electron chi connectivity index (χ2n) is 6.43. The molecule has 1 saturated carbocycles. The van der Waals surface area contributed by atoms with E-state index in [1.165, 1.54) is 31.2 Å².